The second kappa shape index (κ2) is 10.1. The fourth-order valence-corrected chi connectivity index (χ4v) is 4.42. The standard InChI is InChI=1S/C22H22ClN5O4S/c1-31-15-9-10-16(18(12-15)32-2)24-22(30)28-11-3-4-17(28)19(29)25-21-27-26-20(33-21)13-5-7-14(23)8-6-13/h5-10,12,17H,3-4,11H2,1-2H3,(H,24,30)(H,25,27,29). The van der Waals surface area contributed by atoms with Crippen molar-refractivity contribution in [1.29, 1.82) is 0 Å². The van der Waals surface area contributed by atoms with Crippen LogP contribution < -0.4 is 20.1 Å². The summed E-state index contributed by atoms with van der Waals surface area (Å²) in [5, 5.41) is 15.5. The molecule has 1 aliphatic heterocycles. The van der Waals surface area contributed by atoms with E-state index in [1.807, 2.05) is 12.1 Å². The minimum atomic E-state index is -0.614. The maximum atomic E-state index is 12.9. The summed E-state index contributed by atoms with van der Waals surface area (Å²) in [5.74, 6) is 0.771. The highest BCUT2D eigenvalue weighted by Crippen LogP contribution is 2.31. The van der Waals surface area contributed by atoms with E-state index in [0.29, 0.717) is 45.3 Å². The van der Waals surface area contributed by atoms with Gasteiger partial charge in [-0.15, -0.1) is 10.2 Å². The van der Waals surface area contributed by atoms with Crippen molar-refractivity contribution >= 4 is 45.7 Å². The van der Waals surface area contributed by atoms with Crippen molar-refractivity contribution in [3.8, 4) is 22.1 Å². The van der Waals surface area contributed by atoms with Crippen LogP contribution in [0.1, 0.15) is 12.8 Å². The Labute approximate surface area is 199 Å². The number of rotatable bonds is 6. The summed E-state index contributed by atoms with van der Waals surface area (Å²) in [5.41, 5.74) is 1.35. The topological polar surface area (TPSA) is 106 Å². The summed E-state index contributed by atoms with van der Waals surface area (Å²) >= 11 is 7.18. The third-order valence-electron chi connectivity index (χ3n) is 5.21. The van der Waals surface area contributed by atoms with Gasteiger partial charge in [-0.05, 0) is 37.1 Å². The molecule has 1 saturated heterocycles. The average Bonchev–Trinajstić information content (AvgIpc) is 3.50. The molecule has 0 radical (unpaired) electrons. The van der Waals surface area contributed by atoms with E-state index in [9.17, 15) is 9.59 Å². The number of amides is 3. The summed E-state index contributed by atoms with van der Waals surface area (Å²) in [4.78, 5) is 27.4. The van der Waals surface area contributed by atoms with Crippen LogP contribution in [0, 0.1) is 0 Å². The van der Waals surface area contributed by atoms with Crippen molar-refractivity contribution in [2.75, 3.05) is 31.4 Å². The number of methoxy groups -OCH3 is 2. The molecule has 33 heavy (non-hydrogen) atoms. The van der Waals surface area contributed by atoms with E-state index in [0.717, 1.165) is 12.0 Å². The highest BCUT2D eigenvalue weighted by molar-refractivity contribution is 7.18. The number of hydrogen-bond acceptors (Lipinski definition) is 7. The Morgan fingerprint density at radius 3 is 2.61 bits per heavy atom. The molecule has 9 nitrogen and oxygen atoms in total. The number of nitrogens with zero attached hydrogens (tertiary/aromatic N) is 3. The number of ether oxygens (including phenoxy) is 2. The molecule has 1 fully saturated rings. The summed E-state index contributed by atoms with van der Waals surface area (Å²) in [6.45, 7) is 0.467. The van der Waals surface area contributed by atoms with E-state index in [-0.39, 0.29) is 11.9 Å². The molecule has 2 aromatic carbocycles. The second-order valence-corrected chi connectivity index (χ2v) is 8.67. The summed E-state index contributed by atoms with van der Waals surface area (Å²) in [7, 11) is 3.06. The number of hydrogen-bond donors (Lipinski definition) is 2. The van der Waals surface area contributed by atoms with Crippen LogP contribution >= 0.6 is 22.9 Å². The zero-order valence-corrected chi connectivity index (χ0v) is 19.6. The van der Waals surface area contributed by atoms with Gasteiger partial charge in [-0.3, -0.25) is 10.1 Å². The molecule has 3 aromatic rings. The monoisotopic (exact) mass is 487 g/mol. The normalized spacial score (nSPS) is 15.2. The Morgan fingerprint density at radius 2 is 1.88 bits per heavy atom. The molecule has 0 aliphatic carbocycles. The van der Waals surface area contributed by atoms with Crippen molar-refractivity contribution in [3.63, 3.8) is 0 Å². The van der Waals surface area contributed by atoms with Gasteiger partial charge in [0, 0.05) is 23.2 Å². The quantitative estimate of drug-likeness (QED) is 0.530. The molecular weight excluding hydrogens is 466 g/mol. The molecule has 4 rings (SSSR count). The van der Waals surface area contributed by atoms with Crippen molar-refractivity contribution in [2.24, 2.45) is 0 Å². The summed E-state index contributed by atoms with van der Waals surface area (Å²) in [6, 6.07) is 11.3. The fraction of sp³-hybridized carbons (Fsp3) is 0.273. The van der Waals surface area contributed by atoms with Crippen LogP contribution in [-0.2, 0) is 4.79 Å². The Hall–Kier alpha value is -3.37. The van der Waals surface area contributed by atoms with Gasteiger partial charge in [0.05, 0.1) is 19.9 Å². The van der Waals surface area contributed by atoms with Crippen LogP contribution in [0.2, 0.25) is 5.02 Å². The number of carbonyl (C=O) groups excluding carboxylic acids is 2. The molecule has 1 aliphatic rings. The Balaban J connectivity index is 1.42. The maximum Gasteiger partial charge on any atom is 0.322 e. The first-order chi connectivity index (χ1) is 16.0. The van der Waals surface area contributed by atoms with Gasteiger partial charge in [0.2, 0.25) is 11.0 Å². The first kappa shape index (κ1) is 22.8. The lowest BCUT2D eigenvalue weighted by molar-refractivity contribution is -0.119. The van der Waals surface area contributed by atoms with Crippen LogP contribution in [0.5, 0.6) is 11.5 Å². The molecular formula is C22H22ClN5O4S. The smallest absolute Gasteiger partial charge is 0.322 e. The lowest BCUT2D eigenvalue weighted by Gasteiger charge is -2.24. The number of halogens is 1. The molecule has 1 unspecified atom stereocenters. The lowest BCUT2D eigenvalue weighted by Crippen LogP contribution is -2.45. The van der Waals surface area contributed by atoms with E-state index in [1.165, 1.54) is 23.3 Å². The molecule has 2 heterocycles. The third-order valence-corrected chi connectivity index (χ3v) is 6.35. The first-order valence-electron chi connectivity index (χ1n) is 10.2. The molecule has 0 spiro atoms. The molecule has 172 valence electrons. The second-order valence-electron chi connectivity index (χ2n) is 7.26. The predicted molar refractivity (Wildman–Crippen MR) is 127 cm³/mol. The minimum absolute atomic E-state index is 0.303. The zero-order chi connectivity index (χ0) is 23.4. The van der Waals surface area contributed by atoms with Gasteiger partial charge in [0.15, 0.2) is 0 Å². The van der Waals surface area contributed by atoms with Crippen LogP contribution in [0.3, 0.4) is 0 Å². The summed E-state index contributed by atoms with van der Waals surface area (Å²) < 4.78 is 10.5. The van der Waals surface area contributed by atoms with Crippen LogP contribution in [-0.4, -0.2) is 53.8 Å². The Kier molecular flexibility index (Phi) is 6.95. The van der Waals surface area contributed by atoms with Gasteiger partial charge in [0.1, 0.15) is 22.5 Å². The molecule has 3 amide bonds. The maximum absolute atomic E-state index is 12.9. The number of nitrogens with one attached hydrogen (secondary N) is 2. The Bertz CT molecular complexity index is 1150. The Morgan fingerprint density at radius 1 is 1.09 bits per heavy atom. The zero-order valence-electron chi connectivity index (χ0n) is 18.0. The number of anilines is 2. The number of urea groups is 1. The van der Waals surface area contributed by atoms with Crippen LogP contribution in [0.15, 0.2) is 42.5 Å². The van der Waals surface area contributed by atoms with Gasteiger partial charge in [-0.25, -0.2) is 4.79 Å². The highest BCUT2D eigenvalue weighted by atomic mass is 35.5. The molecule has 0 saturated carbocycles. The van der Waals surface area contributed by atoms with Gasteiger partial charge < -0.3 is 19.7 Å². The lowest BCUT2D eigenvalue weighted by atomic mass is 10.2. The first-order valence-corrected chi connectivity index (χ1v) is 11.4. The SMILES string of the molecule is COc1ccc(NC(=O)N2CCCC2C(=O)Nc2nnc(-c3ccc(Cl)cc3)s2)c(OC)c1. The van der Waals surface area contributed by atoms with Crippen molar-refractivity contribution < 1.29 is 19.1 Å². The van der Waals surface area contributed by atoms with E-state index in [4.69, 9.17) is 21.1 Å². The summed E-state index contributed by atoms with van der Waals surface area (Å²) in [6.07, 6.45) is 1.28. The van der Waals surface area contributed by atoms with E-state index in [2.05, 4.69) is 20.8 Å². The van der Waals surface area contributed by atoms with Gasteiger partial charge in [0.25, 0.3) is 0 Å². The number of benzene rings is 2. The fourth-order valence-electron chi connectivity index (χ4n) is 3.54. The van der Waals surface area contributed by atoms with Crippen molar-refractivity contribution in [3.05, 3.63) is 47.5 Å². The molecule has 11 heteroatoms. The number of aromatic nitrogens is 2. The number of likely N-dealkylation sites (tertiary alicyclic amines) is 1. The van der Waals surface area contributed by atoms with E-state index < -0.39 is 6.04 Å². The molecule has 1 aromatic heterocycles. The van der Waals surface area contributed by atoms with Crippen LogP contribution in [0.4, 0.5) is 15.6 Å². The largest absolute Gasteiger partial charge is 0.497 e. The minimum Gasteiger partial charge on any atom is -0.497 e. The van der Waals surface area contributed by atoms with E-state index >= 15 is 0 Å². The van der Waals surface area contributed by atoms with Crippen molar-refractivity contribution in [2.45, 2.75) is 18.9 Å². The highest BCUT2D eigenvalue weighted by Gasteiger charge is 2.35. The molecule has 2 N–H and O–H groups in total. The van der Waals surface area contributed by atoms with Gasteiger partial charge in [-0.2, -0.15) is 0 Å². The van der Waals surface area contributed by atoms with Gasteiger partial charge in [-0.1, -0.05) is 35.1 Å². The van der Waals surface area contributed by atoms with E-state index in [1.54, 1.807) is 37.4 Å². The number of carbonyl (C=O) groups is 2. The van der Waals surface area contributed by atoms with Crippen molar-refractivity contribution in [1.82, 2.24) is 15.1 Å². The van der Waals surface area contributed by atoms with Gasteiger partial charge >= 0.3 is 6.03 Å². The van der Waals surface area contributed by atoms with Crippen LogP contribution in [0.25, 0.3) is 10.6 Å². The average molecular weight is 488 g/mol. The molecule has 1 atom stereocenters. The predicted octanol–water partition coefficient (Wildman–Crippen LogP) is 4.51. The third kappa shape index (κ3) is 5.18. The molecule has 0 bridgehead atoms.